The molecule has 4 heteroatoms. The summed E-state index contributed by atoms with van der Waals surface area (Å²) in [5, 5.41) is 2.61. The Morgan fingerprint density at radius 2 is 0.691 bits per heavy atom. The van der Waals surface area contributed by atoms with Crippen molar-refractivity contribution in [2.75, 3.05) is 0 Å². The molecule has 10 aromatic carbocycles. The first kappa shape index (κ1) is 38.7. The Morgan fingerprint density at radius 3 is 1.32 bits per heavy atom. The zero-order valence-corrected chi connectivity index (χ0v) is 37.6. The van der Waals surface area contributed by atoms with Crippen LogP contribution in [0.5, 0.6) is 0 Å². The number of fused-ring (bicyclic) bond motifs is 13. The SMILES string of the molecule is c1ccc(-c2nc(-c3ccccc3)nc(-c3cccc(-c4cccc(-c5cc6c(cc5-c5ccc7c(c5)sc5ccccc57)-c5ccccc5C65c6ccccc6-c6ccccc65)c4)c3)n2)cc1. The first-order valence-corrected chi connectivity index (χ1v) is 24.0. The summed E-state index contributed by atoms with van der Waals surface area (Å²) in [6.45, 7) is 0. The summed E-state index contributed by atoms with van der Waals surface area (Å²) in [4.78, 5) is 15.1. The first-order valence-electron chi connectivity index (χ1n) is 23.2. The molecule has 3 nitrogen and oxygen atoms in total. The molecule has 0 fully saturated rings. The van der Waals surface area contributed by atoms with E-state index in [4.69, 9.17) is 15.0 Å². The Bertz CT molecular complexity index is 3880. The van der Waals surface area contributed by atoms with Gasteiger partial charge in [0.15, 0.2) is 17.5 Å². The normalized spacial score (nSPS) is 12.8. The molecule has 2 aromatic heterocycles. The largest absolute Gasteiger partial charge is 0.208 e. The maximum absolute atomic E-state index is 5.08. The molecule has 0 unspecified atom stereocenters. The van der Waals surface area contributed by atoms with E-state index in [1.165, 1.54) is 81.4 Å². The van der Waals surface area contributed by atoms with Crippen LogP contribution in [0.4, 0.5) is 0 Å². The third kappa shape index (κ3) is 5.88. The van der Waals surface area contributed by atoms with Gasteiger partial charge in [-0.15, -0.1) is 11.3 Å². The smallest absolute Gasteiger partial charge is 0.164 e. The van der Waals surface area contributed by atoms with E-state index in [2.05, 4.69) is 176 Å². The van der Waals surface area contributed by atoms with Gasteiger partial charge in [-0.3, -0.25) is 0 Å². The molecule has 2 aliphatic carbocycles. The van der Waals surface area contributed by atoms with Crippen LogP contribution in [0.1, 0.15) is 22.3 Å². The summed E-state index contributed by atoms with van der Waals surface area (Å²) >= 11 is 1.87. The maximum Gasteiger partial charge on any atom is 0.164 e. The lowest BCUT2D eigenvalue weighted by Crippen LogP contribution is -2.25. The fraction of sp³-hybridized carbons (Fsp3) is 0.0156. The van der Waals surface area contributed by atoms with Crippen LogP contribution in [0, 0.1) is 0 Å². The predicted octanol–water partition coefficient (Wildman–Crippen LogP) is 16.6. The topological polar surface area (TPSA) is 38.7 Å². The first-order chi connectivity index (χ1) is 33.7. The molecule has 316 valence electrons. The number of aromatic nitrogens is 3. The highest BCUT2D eigenvalue weighted by molar-refractivity contribution is 7.25. The quantitative estimate of drug-likeness (QED) is 0.167. The molecule has 0 amide bonds. The number of hydrogen-bond donors (Lipinski definition) is 0. The van der Waals surface area contributed by atoms with E-state index in [1.54, 1.807) is 0 Å². The maximum atomic E-state index is 5.08. The van der Waals surface area contributed by atoms with Crippen molar-refractivity contribution in [1.29, 1.82) is 0 Å². The number of benzene rings is 10. The highest BCUT2D eigenvalue weighted by atomic mass is 32.1. The van der Waals surface area contributed by atoms with Crippen LogP contribution < -0.4 is 0 Å². The molecule has 12 aromatic rings. The van der Waals surface area contributed by atoms with E-state index in [9.17, 15) is 0 Å². The van der Waals surface area contributed by atoms with Gasteiger partial charge < -0.3 is 0 Å². The van der Waals surface area contributed by atoms with Crippen LogP contribution in [0.25, 0.3) is 110 Å². The van der Waals surface area contributed by atoms with Crippen molar-refractivity contribution in [3.05, 3.63) is 259 Å². The standard InChI is InChI=1S/C64H39N3S/c1-3-17-40(18-4-1)61-65-62(41-19-5-2-6-20-41)67-63(66-61)46-24-16-22-43(36-46)42-21-15-23-44(35-42)53-39-58-54(38-52(53)45-33-34-51-50-28-10-14-32-59(50)68-60(51)37-45)49-27-9-13-31-57(49)64(58)55-29-11-7-25-47(55)48-26-8-12-30-56(48)64/h1-39H. The highest BCUT2D eigenvalue weighted by Gasteiger charge is 2.51. The van der Waals surface area contributed by atoms with Crippen LogP contribution in [0.2, 0.25) is 0 Å². The van der Waals surface area contributed by atoms with E-state index < -0.39 is 5.41 Å². The average molecular weight is 882 g/mol. The summed E-state index contributed by atoms with van der Waals surface area (Å²) in [7, 11) is 0. The number of hydrogen-bond acceptors (Lipinski definition) is 4. The van der Waals surface area contributed by atoms with Crippen molar-refractivity contribution in [1.82, 2.24) is 15.0 Å². The highest BCUT2D eigenvalue weighted by Crippen LogP contribution is 2.64. The van der Waals surface area contributed by atoms with Gasteiger partial charge in [0.05, 0.1) is 5.41 Å². The van der Waals surface area contributed by atoms with Crippen molar-refractivity contribution in [2.24, 2.45) is 0 Å². The van der Waals surface area contributed by atoms with Crippen LogP contribution in [-0.4, -0.2) is 15.0 Å². The number of nitrogens with zero attached hydrogens (tertiary/aromatic N) is 3. The molecule has 0 aliphatic heterocycles. The lowest BCUT2D eigenvalue weighted by Gasteiger charge is -2.31. The van der Waals surface area contributed by atoms with Gasteiger partial charge >= 0.3 is 0 Å². The summed E-state index contributed by atoms with van der Waals surface area (Å²) in [5.41, 5.74) is 19.9. The Kier molecular flexibility index (Phi) is 8.67. The Hall–Kier alpha value is -8.57. The van der Waals surface area contributed by atoms with E-state index in [0.717, 1.165) is 33.4 Å². The van der Waals surface area contributed by atoms with Gasteiger partial charge in [0.2, 0.25) is 0 Å². The molecule has 0 saturated heterocycles. The van der Waals surface area contributed by atoms with E-state index in [1.807, 2.05) is 72.0 Å². The van der Waals surface area contributed by atoms with Gasteiger partial charge in [0.1, 0.15) is 0 Å². The monoisotopic (exact) mass is 881 g/mol. The van der Waals surface area contributed by atoms with Gasteiger partial charge in [-0.1, -0.05) is 200 Å². The average Bonchev–Trinajstić information content (AvgIpc) is 4.04. The molecule has 0 atom stereocenters. The van der Waals surface area contributed by atoms with E-state index in [-0.39, 0.29) is 0 Å². The van der Waals surface area contributed by atoms with Gasteiger partial charge in [-0.2, -0.15) is 0 Å². The molecule has 0 bridgehead atoms. The summed E-state index contributed by atoms with van der Waals surface area (Å²) in [6.07, 6.45) is 0. The third-order valence-electron chi connectivity index (χ3n) is 14.2. The van der Waals surface area contributed by atoms with Crippen LogP contribution in [0.15, 0.2) is 237 Å². The number of thiophene rings is 1. The molecular formula is C64H39N3S. The molecule has 0 N–H and O–H groups in total. The third-order valence-corrected chi connectivity index (χ3v) is 15.3. The molecule has 14 rings (SSSR count). The van der Waals surface area contributed by atoms with Gasteiger partial charge in [0.25, 0.3) is 0 Å². The van der Waals surface area contributed by atoms with Crippen molar-refractivity contribution in [3.63, 3.8) is 0 Å². The van der Waals surface area contributed by atoms with Crippen molar-refractivity contribution >= 4 is 31.5 Å². The fourth-order valence-electron chi connectivity index (χ4n) is 11.2. The van der Waals surface area contributed by atoms with Crippen LogP contribution >= 0.6 is 11.3 Å². The Morgan fingerprint density at radius 1 is 0.250 bits per heavy atom. The van der Waals surface area contributed by atoms with Crippen LogP contribution in [-0.2, 0) is 5.41 Å². The molecule has 2 aliphatic rings. The van der Waals surface area contributed by atoms with Gasteiger partial charge in [0, 0.05) is 36.9 Å². The molecule has 0 radical (unpaired) electrons. The van der Waals surface area contributed by atoms with Crippen molar-refractivity contribution in [2.45, 2.75) is 5.41 Å². The Balaban J connectivity index is 0.972. The molecule has 68 heavy (non-hydrogen) atoms. The summed E-state index contributed by atoms with van der Waals surface area (Å²) in [5.74, 6) is 1.93. The summed E-state index contributed by atoms with van der Waals surface area (Å²) < 4.78 is 2.60. The lowest BCUT2D eigenvalue weighted by molar-refractivity contribution is 0.794. The molecule has 0 saturated carbocycles. The second-order valence-corrected chi connectivity index (χ2v) is 18.9. The zero-order valence-electron chi connectivity index (χ0n) is 36.8. The van der Waals surface area contributed by atoms with Gasteiger partial charge in [-0.25, -0.2) is 15.0 Å². The van der Waals surface area contributed by atoms with Crippen LogP contribution in [0.3, 0.4) is 0 Å². The second-order valence-electron chi connectivity index (χ2n) is 17.8. The lowest BCUT2D eigenvalue weighted by atomic mass is 9.70. The molecular weight excluding hydrogens is 843 g/mol. The minimum absolute atomic E-state index is 0.463. The zero-order chi connectivity index (χ0) is 44.8. The second kappa shape index (κ2) is 15.2. The van der Waals surface area contributed by atoms with Crippen molar-refractivity contribution in [3.8, 4) is 89.8 Å². The summed E-state index contributed by atoms with van der Waals surface area (Å²) in [6, 6.07) is 86.1. The minimum atomic E-state index is -0.463. The molecule has 2 heterocycles. The predicted molar refractivity (Wildman–Crippen MR) is 282 cm³/mol. The van der Waals surface area contributed by atoms with E-state index >= 15 is 0 Å². The minimum Gasteiger partial charge on any atom is -0.208 e. The van der Waals surface area contributed by atoms with Crippen molar-refractivity contribution < 1.29 is 0 Å². The van der Waals surface area contributed by atoms with Gasteiger partial charge in [-0.05, 0) is 114 Å². The Labute approximate surface area is 398 Å². The fourth-order valence-corrected chi connectivity index (χ4v) is 12.3. The molecule has 1 spiro atoms. The number of rotatable bonds is 6. The van der Waals surface area contributed by atoms with E-state index in [0.29, 0.717) is 17.5 Å².